The Labute approximate surface area is 83.0 Å². The van der Waals surface area contributed by atoms with Crippen LogP contribution in [0.15, 0.2) is 0 Å². The molecule has 0 radical (unpaired) electrons. The molecule has 2 heterocycles. The maximum atomic E-state index is 11.6. The second kappa shape index (κ2) is 4.33. The molecule has 2 aliphatic heterocycles. The average Bonchev–Trinajstić information content (AvgIpc) is 2.74. The molecule has 2 rings (SSSR count). The zero-order valence-electron chi connectivity index (χ0n) is 7.71. The van der Waals surface area contributed by atoms with Crippen molar-refractivity contribution in [1.82, 2.24) is 10.6 Å². The Balaban J connectivity index is 1.76. The first-order chi connectivity index (χ1) is 6.36. The molecule has 0 aromatic rings. The van der Waals surface area contributed by atoms with Crippen LogP contribution in [0.2, 0.25) is 0 Å². The fourth-order valence-electron chi connectivity index (χ4n) is 1.85. The van der Waals surface area contributed by atoms with E-state index in [1.807, 2.05) is 11.8 Å². The van der Waals surface area contributed by atoms with Crippen LogP contribution in [-0.2, 0) is 4.79 Å². The van der Waals surface area contributed by atoms with Crippen molar-refractivity contribution in [3.8, 4) is 0 Å². The van der Waals surface area contributed by atoms with Gasteiger partial charge in [0.2, 0.25) is 5.91 Å². The van der Waals surface area contributed by atoms with Crippen LogP contribution in [0.3, 0.4) is 0 Å². The normalized spacial score (nSPS) is 33.5. The minimum absolute atomic E-state index is 0.227. The first-order valence-corrected chi connectivity index (χ1v) is 6.10. The van der Waals surface area contributed by atoms with Crippen molar-refractivity contribution in [3.63, 3.8) is 0 Å². The number of hydrogen-bond acceptors (Lipinski definition) is 3. The maximum absolute atomic E-state index is 11.6. The molecule has 2 fully saturated rings. The molecule has 2 saturated heterocycles. The third-order valence-electron chi connectivity index (χ3n) is 2.71. The summed E-state index contributed by atoms with van der Waals surface area (Å²) in [5.74, 6) is 2.79. The zero-order valence-corrected chi connectivity index (χ0v) is 8.53. The standard InChI is InChI=1S/C9H16N2OS/c12-9(7-1-3-10-5-7)11-8-2-4-13-6-8/h7-8,10H,1-6H2,(H,11,12). The number of carbonyl (C=O) groups is 1. The third-order valence-corrected chi connectivity index (χ3v) is 3.87. The summed E-state index contributed by atoms with van der Waals surface area (Å²) in [5.41, 5.74) is 0. The summed E-state index contributed by atoms with van der Waals surface area (Å²) in [6.45, 7) is 1.86. The Hall–Kier alpha value is -0.220. The van der Waals surface area contributed by atoms with E-state index in [4.69, 9.17) is 0 Å². The third kappa shape index (κ3) is 2.38. The molecule has 0 bridgehead atoms. The summed E-state index contributed by atoms with van der Waals surface area (Å²) < 4.78 is 0. The molecular weight excluding hydrogens is 184 g/mol. The van der Waals surface area contributed by atoms with Gasteiger partial charge in [0.05, 0.1) is 5.92 Å². The molecule has 0 aromatic carbocycles. The molecule has 4 heteroatoms. The monoisotopic (exact) mass is 200 g/mol. The zero-order chi connectivity index (χ0) is 9.10. The Kier molecular flexibility index (Phi) is 3.11. The van der Waals surface area contributed by atoms with E-state index in [0.29, 0.717) is 6.04 Å². The lowest BCUT2D eigenvalue weighted by Crippen LogP contribution is -2.39. The van der Waals surface area contributed by atoms with Gasteiger partial charge in [-0.2, -0.15) is 11.8 Å². The van der Waals surface area contributed by atoms with Crippen molar-refractivity contribution in [2.45, 2.75) is 18.9 Å². The average molecular weight is 200 g/mol. The molecule has 2 aliphatic rings. The summed E-state index contributed by atoms with van der Waals surface area (Å²) in [7, 11) is 0. The fourth-order valence-corrected chi connectivity index (χ4v) is 3.00. The Morgan fingerprint density at radius 3 is 3.00 bits per heavy atom. The van der Waals surface area contributed by atoms with Gasteiger partial charge < -0.3 is 10.6 Å². The molecule has 13 heavy (non-hydrogen) atoms. The highest BCUT2D eigenvalue weighted by atomic mass is 32.2. The second-order valence-corrected chi connectivity index (χ2v) is 4.91. The first kappa shape index (κ1) is 9.34. The number of thioether (sulfide) groups is 1. The highest BCUT2D eigenvalue weighted by Crippen LogP contribution is 2.18. The lowest BCUT2D eigenvalue weighted by molar-refractivity contribution is -0.124. The van der Waals surface area contributed by atoms with Crippen LogP contribution >= 0.6 is 11.8 Å². The summed E-state index contributed by atoms with van der Waals surface area (Å²) in [6, 6.07) is 0.443. The molecule has 3 nitrogen and oxygen atoms in total. The van der Waals surface area contributed by atoms with E-state index in [1.165, 1.54) is 5.75 Å². The van der Waals surface area contributed by atoms with E-state index in [2.05, 4.69) is 10.6 Å². The van der Waals surface area contributed by atoms with Crippen molar-refractivity contribution in [3.05, 3.63) is 0 Å². The van der Waals surface area contributed by atoms with Gasteiger partial charge >= 0.3 is 0 Å². The van der Waals surface area contributed by atoms with Gasteiger partial charge in [-0.15, -0.1) is 0 Å². The highest BCUT2D eigenvalue weighted by molar-refractivity contribution is 7.99. The number of rotatable bonds is 2. The van der Waals surface area contributed by atoms with E-state index in [-0.39, 0.29) is 11.8 Å². The van der Waals surface area contributed by atoms with Crippen LogP contribution in [0.1, 0.15) is 12.8 Å². The Morgan fingerprint density at radius 2 is 2.38 bits per heavy atom. The van der Waals surface area contributed by atoms with E-state index < -0.39 is 0 Å². The largest absolute Gasteiger partial charge is 0.352 e. The predicted molar refractivity (Wildman–Crippen MR) is 54.8 cm³/mol. The van der Waals surface area contributed by atoms with Crippen LogP contribution in [0, 0.1) is 5.92 Å². The summed E-state index contributed by atoms with van der Waals surface area (Å²) >= 11 is 1.94. The van der Waals surface area contributed by atoms with Crippen LogP contribution in [-0.4, -0.2) is 36.5 Å². The van der Waals surface area contributed by atoms with E-state index >= 15 is 0 Å². The number of carbonyl (C=O) groups excluding carboxylic acids is 1. The van der Waals surface area contributed by atoms with Crippen molar-refractivity contribution in [2.24, 2.45) is 5.92 Å². The molecule has 2 N–H and O–H groups in total. The van der Waals surface area contributed by atoms with Gasteiger partial charge in [0.25, 0.3) is 0 Å². The lowest BCUT2D eigenvalue weighted by atomic mass is 10.1. The van der Waals surface area contributed by atoms with Crippen LogP contribution in [0.4, 0.5) is 0 Å². The maximum Gasteiger partial charge on any atom is 0.224 e. The van der Waals surface area contributed by atoms with Gasteiger partial charge in [0, 0.05) is 18.3 Å². The SMILES string of the molecule is O=C(NC1CCSC1)C1CCNC1. The fraction of sp³-hybridized carbons (Fsp3) is 0.889. The van der Waals surface area contributed by atoms with Gasteiger partial charge in [-0.25, -0.2) is 0 Å². The summed E-state index contributed by atoms with van der Waals surface area (Å²) in [6.07, 6.45) is 2.16. The number of amides is 1. The minimum atomic E-state index is 0.227. The smallest absolute Gasteiger partial charge is 0.224 e. The molecule has 2 atom stereocenters. The van der Waals surface area contributed by atoms with E-state index in [9.17, 15) is 4.79 Å². The predicted octanol–water partition coefficient (Wildman–Crippen LogP) is 0.218. The van der Waals surface area contributed by atoms with Crippen molar-refractivity contribution in [2.75, 3.05) is 24.6 Å². The van der Waals surface area contributed by atoms with E-state index in [0.717, 1.165) is 31.7 Å². The first-order valence-electron chi connectivity index (χ1n) is 4.95. The second-order valence-electron chi connectivity index (χ2n) is 3.76. The van der Waals surface area contributed by atoms with Crippen molar-refractivity contribution in [1.29, 1.82) is 0 Å². The molecule has 0 aliphatic carbocycles. The van der Waals surface area contributed by atoms with Crippen LogP contribution in [0.25, 0.3) is 0 Å². The lowest BCUT2D eigenvalue weighted by Gasteiger charge is -2.14. The Bertz CT molecular complexity index is 186. The van der Waals surface area contributed by atoms with Crippen LogP contribution in [0.5, 0.6) is 0 Å². The number of hydrogen-bond donors (Lipinski definition) is 2. The highest BCUT2D eigenvalue weighted by Gasteiger charge is 2.25. The van der Waals surface area contributed by atoms with Gasteiger partial charge in [-0.05, 0) is 25.1 Å². The van der Waals surface area contributed by atoms with Gasteiger partial charge in [-0.1, -0.05) is 0 Å². The molecule has 0 saturated carbocycles. The summed E-state index contributed by atoms with van der Waals surface area (Å²) in [4.78, 5) is 11.6. The van der Waals surface area contributed by atoms with Crippen molar-refractivity contribution < 1.29 is 4.79 Å². The van der Waals surface area contributed by atoms with Crippen molar-refractivity contribution >= 4 is 17.7 Å². The summed E-state index contributed by atoms with van der Waals surface area (Å²) in [5, 5.41) is 6.33. The van der Waals surface area contributed by atoms with E-state index in [1.54, 1.807) is 0 Å². The van der Waals surface area contributed by atoms with Gasteiger partial charge in [0.15, 0.2) is 0 Å². The quantitative estimate of drug-likeness (QED) is 0.670. The topological polar surface area (TPSA) is 41.1 Å². The molecule has 0 aromatic heterocycles. The molecular formula is C9H16N2OS. The minimum Gasteiger partial charge on any atom is -0.352 e. The van der Waals surface area contributed by atoms with Gasteiger partial charge in [0.1, 0.15) is 0 Å². The number of nitrogens with one attached hydrogen (secondary N) is 2. The molecule has 2 unspecified atom stereocenters. The molecule has 1 amide bonds. The molecule has 0 spiro atoms. The molecule has 74 valence electrons. The van der Waals surface area contributed by atoms with Crippen LogP contribution < -0.4 is 10.6 Å². The Morgan fingerprint density at radius 1 is 1.46 bits per heavy atom. The van der Waals surface area contributed by atoms with Gasteiger partial charge in [-0.3, -0.25) is 4.79 Å².